The molecule has 2 rings (SSSR count). The number of oxime groups is 1. The molecule has 1 fully saturated rings. The van der Waals surface area contributed by atoms with Gasteiger partial charge in [-0.1, -0.05) is 11.2 Å². The molecule has 3 heteroatoms. The second kappa shape index (κ2) is 3.56. The Kier molecular flexibility index (Phi) is 2.25. The van der Waals surface area contributed by atoms with Crippen molar-refractivity contribution in [1.29, 1.82) is 0 Å². The number of aromatic nitrogens is 1. The fraction of sp³-hybridized carbons (Fsp3) is 0.400. The molecular weight excluding hydrogens is 164 g/mol. The number of nitrogens with zero attached hydrogens (tertiary/aromatic N) is 2. The van der Waals surface area contributed by atoms with E-state index in [4.69, 9.17) is 5.21 Å². The van der Waals surface area contributed by atoms with E-state index in [0.29, 0.717) is 0 Å². The van der Waals surface area contributed by atoms with Crippen LogP contribution in [0.3, 0.4) is 0 Å². The van der Waals surface area contributed by atoms with E-state index in [2.05, 4.69) is 10.1 Å². The molecule has 13 heavy (non-hydrogen) atoms. The molecule has 0 radical (unpaired) electrons. The van der Waals surface area contributed by atoms with Gasteiger partial charge in [0.2, 0.25) is 0 Å². The molecule has 0 aliphatic heterocycles. The van der Waals surface area contributed by atoms with E-state index in [9.17, 15) is 0 Å². The van der Waals surface area contributed by atoms with Gasteiger partial charge in [-0.05, 0) is 31.4 Å². The van der Waals surface area contributed by atoms with Gasteiger partial charge in [-0.3, -0.25) is 4.98 Å². The Bertz CT molecular complexity index is 308. The van der Waals surface area contributed by atoms with E-state index in [1.165, 1.54) is 0 Å². The van der Waals surface area contributed by atoms with Crippen LogP contribution in [0.25, 0.3) is 0 Å². The van der Waals surface area contributed by atoms with Crippen LogP contribution in [0.2, 0.25) is 0 Å². The Balaban J connectivity index is 2.27. The third-order valence-corrected chi connectivity index (χ3v) is 2.50. The maximum absolute atomic E-state index is 8.76. The molecule has 1 saturated carbocycles. The van der Waals surface area contributed by atoms with Gasteiger partial charge < -0.3 is 5.21 Å². The zero-order valence-electron chi connectivity index (χ0n) is 7.35. The summed E-state index contributed by atoms with van der Waals surface area (Å²) >= 11 is 0. The summed E-state index contributed by atoms with van der Waals surface area (Å²) in [5.74, 6) is 0.242. The lowest BCUT2D eigenvalue weighted by Gasteiger charge is -2.07. The van der Waals surface area contributed by atoms with Gasteiger partial charge in [-0.2, -0.15) is 0 Å². The van der Waals surface area contributed by atoms with Gasteiger partial charge in [0, 0.05) is 17.8 Å². The number of pyridine rings is 1. The molecule has 0 spiro atoms. The highest BCUT2D eigenvalue weighted by Gasteiger charge is 2.25. The van der Waals surface area contributed by atoms with Gasteiger partial charge in [0.1, 0.15) is 0 Å². The molecule has 68 valence electrons. The summed E-state index contributed by atoms with van der Waals surface area (Å²) in [6, 6.07) is 5.85. The molecule has 1 aliphatic carbocycles. The van der Waals surface area contributed by atoms with Gasteiger partial charge in [0.25, 0.3) is 0 Å². The third kappa shape index (κ3) is 1.54. The zero-order valence-corrected chi connectivity index (χ0v) is 7.35. The summed E-state index contributed by atoms with van der Waals surface area (Å²) in [6.45, 7) is 0. The summed E-state index contributed by atoms with van der Waals surface area (Å²) in [5, 5.41) is 12.1. The first-order valence-electron chi connectivity index (χ1n) is 4.53. The summed E-state index contributed by atoms with van der Waals surface area (Å²) in [6.07, 6.45) is 4.83. The van der Waals surface area contributed by atoms with E-state index in [1.807, 2.05) is 18.2 Å². The van der Waals surface area contributed by atoms with Crippen molar-refractivity contribution < 1.29 is 5.21 Å². The van der Waals surface area contributed by atoms with Crippen molar-refractivity contribution in [3.63, 3.8) is 0 Å². The SMILES string of the molecule is O/N=C1\CCC[C@H]1c1ccccn1. The van der Waals surface area contributed by atoms with Crippen LogP contribution in [0.15, 0.2) is 29.6 Å². The lowest BCUT2D eigenvalue weighted by atomic mass is 10.0. The lowest BCUT2D eigenvalue weighted by Crippen LogP contribution is -2.06. The van der Waals surface area contributed by atoms with E-state index in [0.717, 1.165) is 30.7 Å². The normalized spacial score (nSPS) is 25.2. The van der Waals surface area contributed by atoms with E-state index in [-0.39, 0.29) is 5.92 Å². The fourth-order valence-electron chi connectivity index (χ4n) is 1.85. The van der Waals surface area contributed by atoms with Gasteiger partial charge in [-0.25, -0.2) is 0 Å². The maximum Gasteiger partial charge on any atom is 0.0661 e. The number of rotatable bonds is 1. The molecule has 1 aromatic heterocycles. The predicted octanol–water partition coefficient (Wildman–Crippen LogP) is 2.18. The van der Waals surface area contributed by atoms with Crippen LogP contribution in [-0.2, 0) is 0 Å². The van der Waals surface area contributed by atoms with Crippen LogP contribution in [0, 0.1) is 0 Å². The summed E-state index contributed by atoms with van der Waals surface area (Å²) in [7, 11) is 0. The first-order chi connectivity index (χ1) is 6.42. The Morgan fingerprint density at radius 1 is 1.46 bits per heavy atom. The number of hydrogen-bond donors (Lipinski definition) is 1. The molecule has 1 aliphatic rings. The van der Waals surface area contributed by atoms with Gasteiger partial charge in [0.05, 0.1) is 5.71 Å². The first kappa shape index (κ1) is 8.23. The highest BCUT2D eigenvalue weighted by molar-refractivity contribution is 5.91. The lowest BCUT2D eigenvalue weighted by molar-refractivity contribution is 0.316. The largest absolute Gasteiger partial charge is 0.411 e. The minimum Gasteiger partial charge on any atom is -0.411 e. The Morgan fingerprint density at radius 2 is 2.38 bits per heavy atom. The monoisotopic (exact) mass is 176 g/mol. The molecule has 0 bridgehead atoms. The molecule has 3 nitrogen and oxygen atoms in total. The van der Waals surface area contributed by atoms with E-state index >= 15 is 0 Å². The van der Waals surface area contributed by atoms with E-state index < -0.39 is 0 Å². The number of hydrogen-bond acceptors (Lipinski definition) is 3. The van der Waals surface area contributed by atoms with Crippen molar-refractivity contribution in [1.82, 2.24) is 4.98 Å². The Morgan fingerprint density at radius 3 is 3.08 bits per heavy atom. The van der Waals surface area contributed by atoms with Crippen molar-refractivity contribution in [2.75, 3.05) is 0 Å². The van der Waals surface area contributed by atoms with Gasteiger partial charge in [0.15, 0.2) is 0 Å². The second-order valence-electron chi connectivity index (χ2n) is 3.29. The second-order valence-corrected chi connectivity index (χ2v) is 3.29. The topological polar surface area (TPSA) is 45.5 Å². The molecule has 0 saturated heterocycles. The van der Waals surface area contributed by atoms with Crippen molar-refractivity contribution in [2.45, 2.75) is 25.2 Å². The molecule has 0 aromatic carbocycles. The Hall–Kier alpha value is -1.38. The molecule has 1 aromatic rings. The average molecular weight is 176 g/mol. The smallest absolute Gasteiger partial charge is 0.0661 e. The molecule has 0 unspecified atom stereocenters. The molecule has 1 atom stereocenters. The van der Waals surface area contributed by atoms with Crippen molar-refractivity contribution in [3.8, 4) is 0 Å². The highest BCUT2D eigenvalue weighted by atomic mass is 16.4. The first-order valence-corrected chi connectivity index (χ1v) is 4.53. The summed E-state index contributed by atoms with van der Waals surface area (Å²) in [4.78, 5) is 4.27. The highest BCUT2D eigenvalue weighted by Crippen LogP contribution is 2.30. The molecule has 0 amide bonds. The quantitative estimate of drug-likeness (QED) is 0.526. The van der Waals surface area contributed by atoms with Gasteiger partial charge >= 0.3 is 0 Å². The van der Waals surface area contributed by atoms with Crippen LogP contribution in [0.1, 0.15) is 30.9 Å². The fourth-order valence-corrected chi connectivity index (χ4v) is 1.85. The third-order valence-electron chi connectivity index (χ3n) is 2.50. The van der Waals surface area contributed by atoms with Crippen LogP contribution in [0.4, 0.5) is 0 Å². The Labute approximate surface area is 77.1 Å². The van der Waals surface area contributed by atoms with Crippen molar-refractivity contribution in [3.05, 3.63) is 30.1 Å². The van der Waals surface area contributed by atoms with Crippen LogP contribution in [-0.4, -0.2) is 15.9 Å². The zero-order chi connectivity index (χ0) is 9.10. The van der Waals surface area contributed by atoms with Crippen molar-refractivity contribution in [2.24, 2.45) is 5.16 Å². The van der Waals surface area contributed by atoms with Crippen LogP contribution >= 0.6 is 0 Å². The standard InChI is InChI=1S/C10H12N2O/c13-12-10-6-3-4-8(10)9-5-1-2-7-11-9/h1-2,5,7-8,13H,3-4,6H2/b12-10+/t8-/m0/s1. The molecule has 1 heterocycles. The van der Waals surface area contributed by atoms with Crippen LogP contribution < -0.4 is 0 Å². The van der Waals surface area contributed by atoms with Gasteiger partial charge in [-0.15, -0.1) is 0 Å². The minimum absolute atomic E-state index is 0.242. The summed E-state index contributed by atoms with van der Waals surface area (Å²) < 4.78 is 0. The minimum atomic E-state index is 0.242. The summed E-state index contributed by atoms with van der Waals surface area (Å²) in [5.41, 5.74) is 1.89. The van der Waals surface area contributed by atoms with Crippen molar-refractivity contribution >= 4 is 5.71 Å². The predicted molar refractivity (Wildman–Crippen MR) is 50.1 cm³/mol. The molecular formula is C10H12N2O. The maximum atomic E-state index is 8.76. The average Bonchev–Trinajstić information content (AvgIpc) is 2.67. The van der Waals surface area contributed by atoms with E-state index in [1.54, 1.807) is 6.20 Å². The van der Waals surface area contributed by atoms with Crippen LogP contribution in [0.5, 0.6) is 0 Å². The molecule has 1 N–H and O–H groups in total.